The van der Waals surface area contributed by atoms with Gasteiger partial charge in [0, 0.05) is 5.69 Å². The van der Waals surface area contributed by atoms with E-state index >= 15 is 0 Å². The lowest BCUT2D eigenvalue weighted by Crippen LogP contribution is -2.36. The van der Waals surface area contributed by atoms with Gasteiger partial charge in [0.2, 0.25) is 0 Å². The van der Waals surface area contributed by atoms with Gasteiger partial charge in [-0.2, -0.15) is 0 Å². The topological polar surface area (TPSA) is 93.5 Å². The van der Waals surface area contributed by atoms with Crippen LogP contribution < -0.4 is 16.6 Å². The first-order chi connectivity index (χ1) is 7.63. The molecule has 0 radical (unpaired) electrons. The predicted octanol–water partition coefficient (Wildman–Crippen LogP) is 0.275. The van der Waals surface area contributed by atoms with Crippen molar-refractivity contribution in [1.82, 2.24) is 5.43 Å². The van der Waals surface area contributed by atoms with Gasteiger partial charge in [0.05, 0.1) is 12.3 Å². The number of amides is 1. The van der Waals surface area contributed by atoms with Crippen molar-refractivity contribution >= 4 is 23.3 Å². The Labute approximate surface area is 92.7 Å². The van der Waals surface area contributed by atoms with E-state index in [1.54, 1.807) is 31.2 Å². The summed E-state index contributed by atoms with van der Waals surface area (Å²) in [5, 5.41) is 0. The third-order valence-electron chi connectivity index (χ3n) is 1.69. The number of hydrogen-bond acceptors (Lipinski definition) is 5. The Morgan fingerprint density at radius 2 is 1.94 bits per heavy atom. The zero-order valence-electron chi connectivity index (χ0n) is 8.82. The lowest BCUT2D eigenvalue weighted by molar-refractivity contribution is -0.154. The number of benzene rings is 1. The van der Waals surface area contributed by atoms with Gasteiger partial charge in [-0.05, 0) is 31.2 Å². The van der Waals surface area contributed by atoms with Crippen molar-refractivity contribution in [3.05, 3.63) is 24.3 Å². The number of rotatable bonds is 3. The molecular weight excluding hydrogens is 210 g/mol. The van der Waals surface area contributed by atoms with Crippen LogP contribution >= 0.6 is 0 Å². The van der Waals surface area contributed by atoms with E-state index in [4.69, 9.17) is 5.73 Å². The number of carbonyl (C=O) groups excluding carboxylic acids is 2. The molecule has 0 atom stereocenters. The molecule has 6 nitrogen and oxygen atoms in total. The Kier molecular flexibility index (Phi) is 4.14. The summed E-state index contributed by atoms with van der Waals surface area (Å²) in [6, 6.07) is 6.67. The van der Waals surface area contributed by atoms with Gasteiger partial charge >= 0.3 is 11.9 Å². The smallest absolute Gasteiger partial charge is 0.398 e. The number of carbonyl (C=O) groups is 2. The second-order valence-electron chi connectivity index (χ2n) is 2.92. The summed E-state index contributed by atoms with van der Waals surface area (Å²) in [5.74, 6) is -1.77. The highest BCUT2D eigenvalue weighted by Crippen LogP contribution is 2.08. The summed E-state index contributed by atoms with van der Waals surface area (Å²) in [6.45, 7) is 1.78. The normalized spacial score (nSPS) is 9.31. The van der Waals surface area contributed by atoms with Crippen molar-refractivity contribution in [2.75, 3.05) is 17.8 Å². The van der Waals surface area contributed by atoms with Crippen molar-refractivity contribution in [3.8, 4) is 0 Å². The number of anilines is 2. The maximum Gasteiger partial charge on any atom is 0.398 e. The minimum Gasteiger partial charge on any atom is -0.459 e. The zero-order chi connectivity index (χ0) is 12.0. The van der Waals surface area contributed by atoms with Gasteiger partial charge in [0.1, 0.15) is 0 Å². The van der Waals surface area contributed by atoms with Crippen molar-refractivity contribution in [1.29, 1.82) is 0 Å². The number of nitrogens with two attached hydrogens (primary N) is 1. The van der Waals surface area contributed by atoms with Crippen LogP contribution in [0.1, 0.15) is 6.92 Å². The number of nitrogens with one attached hydrogen (secondary N) is 2. The van der Waals surface area contributed by atoms with Gasteiger partial charge in [-0.3, -0.25) is 15.6 Å². The Bertz CT molecular complexity index is 375. The molecule has 1 aromatic carbocycles. The van der Waals surface area contributed by atoms with E-state index in [9.17, 15) is 9.59 Å². The van der Waals surface area contributed by atoms with Crippen LogP contribution in [0.25, 0.3) is 0 Å². The highest BCUT2D eigenvalue weighted by atomic mass is 16.5. The minimum atomic E-state index is -0.926. The fraction of sp³-hybridized carbons (Fsp3) is 0.200. The Hall–Kier alpha value is -2.24. The molecule has 1 amide bonds. The predicted molar refractivity (Wildman–Crippen MR) is 59.3 cm³/mol. The first kappa shape index (κ1) is 11.8. The summed E-state index contributed by atoms with van der Waals surface area (Å²) >= 11 is 0. The van der Waals surface area contributed by atoms with Gasteiger partial charge < -0.3 is 10.5 Å². The number of esters is 1. The van der Waals surface area contributed by atoms with Crippen molar-refractivity contribution in [2.24, 2.45) is 0 Å². The Morgan fingerprint density at radius 3 is 2.50 bits per heavy atom. The molecule has 86 valence electrons. The molecule has 0 unspecified atom stereocenters. The summed E-state index contributed by atoms with van der Waals surface area (Å²) < 4.78 is 4.50. The molecule has 0 saturated carbocycles. The van der Waals surface area contributed by atoms with Crippen molar-refractivity contribution < 1.29 is 14.3 Å². The van der Waals surface area contributed by atoms with E-state index < -0.39 is 11.9 Å². The summed E-state index contributed by atoms with van der Waals surface area (Å²) in [6.07, 6.45) is 0. The van der Waals surface area contributed by atoms with Crippen LogP contribution in [0.4, 0.5) is 11.4 Å². The quantitative estimate of drug-likeness (QED) is 0.296. The Morgan fingerprint density at radius 1 is 1.31 bits per heavy atom. The van der Waals surface area contributed by atoms with E-state index in [1.165, 1.54) is 0 Å². The monoisotopic (exact) mass is 223 g/mol. The van der Waals surface area contributed by atoms with E-state index in [2.05, 4.69) is 15.6 Å². The molecule has 0 bridgehead atoms. The third-order valence-corrected chi connectivity index (χ3v) is 1.69. The van der Waals surface area contributed by atoms with E-state index in [0.29, 0.717) is 11.4 Å². The molecule has 0 saturated heterocycles. The first-order valence-corrected chi connectivity index (χ1v) is 4.72. The maximum absolute atomic E-state index is 11.1. The van der Waals surface area contributed by atoms with Crippen LogP contribution in [0, 0.1) is 0 Å². The van der Waals surface area contributed by atoms with Gasteiger partial charge in [-0.15, -0.1) is 0 Å². The summed E-state index contributed by atoms with van der Waals surface area (Å²) in [5.41, 5.74) is 11.5. The van der Waals surface area contributed by atoms with Crippen LogP contribution in [0.15, 0.2) is 24.3 Å². The molecule has 16 heavy (non-hydrogen) atoms. The maximum atomic E-state index is 11.1. The Balaban J connectivity index is 2.42. The summed E-state index contributed by atoms with van der Waals surface area (Å²) in [4.78, 5) is 22.0. The lowest BCUT2D eigenvalue weighted by Gasteiger charge is -2.07. The fourth-order valence-electron chi connectivity index (χ4n) is 0.943. The second-order valence-corrected chi connectivity index (χ2v) is 2.92. The molecule has 0 aromatic heterocycles. The second kappa shape index (κ2) is 5.59. The van der Waals surface area contributed by atoms with Crippen molar-refractivity contribution in [2.45, 2.75) is 6.92 Å². The molecule has 0 aliphatic rings. The van der Waals surface area contributed by atoms with Gasteiger partial charge in [0.25, 0.3) is 0 Å². The average Bonchev–Trinajstić information content (AvgIpc) is 2.28. The zero-order valence-corrected chi connectivity index (χ0v) is 8.82. The molecule has 4 N–H and O–H groups in total. The minimum absolute atomic E-state index is 0.161. The number of nitrogen functional groups attached to an aromatic ring is 1. The molecular formula is C10H13N3O3. The van der Waals surface area contributed by atoms with Crippen molar-refractivity contribution in [3.63, 3.8) is 0 Å². The standard InChI is InChI=1S/C10H13N3O3/c1-2-16-10(15)9(14)13-12-8-5-3-7(11)4-6-8/h3-6,12H,2,11H2,1H3,(H,13,14). The lowest BCUT2D eigenvalue weighted by atomic mass is 10.3. The first-order valence-electron chi connectivity index (χ1n) is 4.72. The van der Waals surface area contributed by atoms with Gasteiger partial charge in [-0.1, -0.05) is 0 Å². The largest absolute Gasteiger partial charge is 0.459 e. The van der Waals surface area contributed by atoms with E-state index in [0.717, 1.165) is 0 Å². The molecule has 1 rings (SSSR count). The fourth-order valence-corrected chi connectivity index (χ4v) is 0.943. The SMILES string of the molecule is CCOC(=O)C(=O)NNc1ccc(N)cc1. The van der Waals surface area contributed by atoms with Crippen LogP contribution in [0.2, 0.25) is 0 Å². The summed E-state index contributed by atoms with van der Waals surface area (Å²) in [7, 11) is 0. The average molecular weight is 223 g/mol. The molecule has 0 aliphatic carbocycles. The third kappa shape index (κ3) is 3.49. The van der Waals surface area contributed by atoms with E-state index in [-0.39, 0.29) is 6.61 Å². The molecule has 0 aliphatic heterocycles. The van der Waals surface area contributed by atoms with Crippen LogP contribution in [0.5, 0.6) is 0 Å². The molecule has 1 aromatic rings. The number of hydrogen-bond donors (Lipinski definition) is 3. The number of ether oxygens (including phenoxy) is 1. The van der Waals surface area contributed by atoms with Crippen LogP contribution in [-0.4, -0.2) is 18.5 Å². The molecule has 6 heteroatoms. The highest BCUT2D eigenvalue weighted by molar-refractivity contribution is 6.32. The van der Waals surface area contributed by atoms with E-state index in [1.807, 2.05) is 0 Å². The molecule has 0 heterocycles. The van der Waals surface area contributed by atoms with Gasteiger partial charge in [0.15, 0.2) is 0 Å². The number of hydrazine groups is 1. The highest BCUT2D eigenvalue weighted by Gasteiger charge is 2.13. The van der Waals surface area contributed by atoms with Crippen LogP contribution in [0.3, 0.4) is 0 Å². The molecule has 0 fully saturated rings. The van der Waals surface area contributed by atoms with Gasteiger partial charge in [-0.25, -0.2) is 4.79 Å². The molecule has 0 spiro atoms. The van der Waals surface area contributed by atoms with Crippen LogP contribution in [-0.2, 0) is 14.3 Å².